The van der Waals surface area contributed by atoms with Gasteiger partial charge >= 0.3 is 6.03 Å². The SMILES string of the molecule is Cc1ccc(NC(=O)N2CCN(c3nc(NCc4ccccc4Cl)c4ncn(Cc5cccc(C)c5)c4n3)CC2)cc1. The minimum absolute atomic E-state index is 0.104. The first-order valence-corrected chi connectivity index (χ1v) is 14.4. The highest BCUT2D eigenvalue weighted by molar-refractivity contribution is 6.31. The lowest BCUT2D eigenvalue weighted by molar-refractivity contribution is 0.208. The van der Waals surface area contributed by atoms with Crippen LogP contribution in [0.25, 0.3) is 11.2 Å². The van der Waals surface area contributed by atoms with Crippen LogP contribution in [0.1, 0.15) is 22.3 Å². The Morgan fingerprint density at radius 3 is 2.45 bits per heavy atom. The van der Waals surface area contributed by atoms with Gasteiger partial charge in [0.15, 0.2) is 17.0 Å². The van der Waals surface area contributed by atoms with Crippen molar-refractivity contribution in [2.24, 2.45) is 0 Å². The van der Waals surface area contributed by atoms with E-state index < -0.39 is 0 Å². The van der Waals surface area contributed by atoms with Crippen molar-refractivity contribution in [2.75, 3.05) is 41.7 Å². The predicted molar refractivity (Wildman–Crippen MR) is 168 cm³/mol. The van der Waals surface area contributed by atoms with Gasteiger partial charge in [-0.25, -0.2) is 9.78 Å². The average Bonchev–Trinajstić information content (AvgIpc) is 3.40. The third kappa shape index (κ3) is 6.16. The van der Waals surface area contributed by atoms with Crippen LogP contribution in [0.3, 0.4) is 0 Å². The van der Waals surface area contributed by atoms with Crippen LogP contribution in [0.2, 0.25) is 5.02 Å². The largest absolute Gasteiger partial charge is 0.364 e. The molecule has 2 N–H and O–H groups in total. The van der Waals surface area contributed by atoms with Crippen molar-refractivity contribution in [1.29, 1.82) is 0 Å². The number of nitrogens with zero attached hydrogens (tertiary/aromatic N) is 6. The molecule has 3 aromatic carbocycles. The number of nitrogens with one attached hydrogen (secondary N) is 2. The molecule has 5 aromatic rings. The summed E-state index contributed by atoms with van der Waals surface area (Å²) in [7, 11) is 0. The van der Waals surface area contributed by atoms with E-state index in [-0.39, 0.29) is 6.03 Å². The second kappa shape index (κ2) is 12.1. The van der Waals surface area contributed by atoms with Crippen LogP contribution in [-0.2, 0) is 13.1 Å². The Morgan fingerprint density at radius 1 is 0.905 bits per heavy atom. The van der Waals surface area contributed by atoms with Crippen LogP contribution < -0.4 is 15.5 Å². The molecule has 0 atom stereocenters. The van der Waals surface area contributed by atoms with Crippen molar-refractivity contribution in [3.63, 3.8) is 0 Å². The van der Waals surface area contributed by atoms with E-state index in [1.54, 1.807) is 0 Å². The lowest BCUT2D eigenvalue weighted by Crippen LogP contribution is -2.50. The molecule has 6 rings (SSSR count). The number of carbonyl (C=O) groups excluding carboxylic acids is 1. The van der Waals surface area contributed by atoms with Crippen molar-refractivity contribution in [3.05, 3.63) is 106 Å². The number of amides is 2. The van der Waals surface area contributed by atoms with Gasteiger partial charge in [-0.05, 0) is 43.2 Å². The van der Waals surface area contributed by atoms with Crippen LogP contribution in [0.4, 0.5) is 22.2 Å². The Bertz CT molecular complexity index is 1710. The third-order valence-corrected chi connectivity index (χ3v) is 7.81. The Labute approximate surface area is 250 Å². The van der Waals surface area contributed by atoms with Gasteiger partial charge in [-0.2, -0.15) is 9.97 Å². The third-order valence-electron chi connectivity index (χ3n) is 7.44. The zero-order valence-electron chi connectivity index (χ0n) is 23.7. The number of aromatic nitrogens is 4. The molecule has 214 valence electrons. The van der Waals surface area contributed by atoms with Gasteiger partial charge in [0.05, 0.1) is 12.9 Å². The molecule has 2 aromatic heterocycles. The molecule has 0 aliphatic carbocycles. The second-order valence-electron chi connectivity index (χ2n) is 10.6. The van der Waals surface area contributed by atoms with Crippen molar-refractivity contribution >= 4 is 46.2 Å². The smallest absolute Gasteiger partial charge is 0.321 e. The van der Waals surface area contributed by atoms with Crippen LogP contribution in [0.5, 0.6) is 0 Å². The average molecular weight is 581 g/mol. The highest BCUT2D eigenvalue weighted by Crippen LogP contribution is 2.26. The van der Waals surface area contributed by atoms with Gasteiger partial charge in [-0.1, -0.05) is 77.3 Å². The molecule has 1 fully saturated rings. The number of halogens is 1. The Kier molecular flexibility index (Phi) is 7.92. The summed E-state index contributed by atoms with van der Waals surface area (Å²) in [5, 5.41) is 7.15. The maximum atomic E-state index is 12.9. The molecule has 1 aliphatic heterocycles. The molecular weight excluding hydrogens is 548 g/mol. The molecule has 0 unspecified atom stereocenters. The van der Waals surface area contributed by atoms with Crippen LogP contribution in [-0.4, -0.2) is 56.6 Å². The fraction of sp³-hybridized carbons (Fsp3) is 0.250. The number of urea groups is 1. The van der Waals surface area contributed by atoms with Gasteiger partial charge < -0.3 is 25.0 Å². The fourth-order valence-corrected chi connectivity index (χ4v) is 5.29. The second-order valence-corrected chi connectivity index (χ2v) is 11.0. The number of benzene rings is 3. The van der Waals surface area contributed by atoms with Crippen molar-refractivity contribution < 1.29 is 4.79 Å². The van der Waals surface area contributed by atoms with Crippen molar-refractivity contribution in [1.82, 2.24) is 24.4 Å². The van der Waals surface area contributed by atoms with Gasteiger partial charge in [0, 0.05) is 43.4 Å². The van der Waals surface area contributed by atoms with E-state index in [1.807, 2.05) is 66.7 Å². The number of carbonyl (C=O) groups is 1. The van der Waals surface area contributed by atoms with E-state index in [0.717, 1.165) is 22.5 Å². The number of hydrogen-bond acceptors (Lipinski definition) is 6. The molecule has 42 heavy (non-hydrogen) atoms. The molecule has 1 aliphatic rings. The first-order chi connectivity index (χ1) is 20.4. The molecule has 0 radical (unpaired) electrons. The highest BCUT2D eigenvalue weighted by Gasteiger charge is 2.25. The number of aryl methyl sites for hydroxylation is 2. The molecule has 9 nitrogen and oxygen atoms in total. The Morgan fingerprint density at radius 2 is 1.69 bits per heavy atom. The van der Waals surface area contributed by atoms with Crippen LogP contribution in [0.15, 0.2) is 79.1 Å². The van der Waals surface area contributed by atoms with Gasteiger partial charge in [-0.15, -0.1) is 0 Å². The molecule has 0 spiro atoms. The topological polar surface area (TPSA) is 91.2 Å². The molecule has 0 saturated carbocycles. The summed E-state index contributed by atoms with van der Waals surface area (Å²) in [6, 6.07) is 23.9. The lowest BCUT2D eigenvalue weighted by atomic mass is 10.1. The van der Waals surface area contributed by atoms with Gasteiger partial charge in [0.25, 0.3) is 0 Å². The number of anilines is 3. The summed E-state index contributed by atoms with van der Waals surface area (Å²) in [5.41, 5.74) is 6.75. The van der Waals surface area contributed by atoms with E-state index in [0.29, 0.717) is 61.6 Å². The zero-order valence-corrected chi connectivity index (χ0v) is 24.5. The predicted octanol–water partition coefficient (Wildman–Crippen LogP) is 6.11. The van der Waals surface area contributed by atoms with E-state index in [9.17, 15) is 4.79 Å². The summed E-state index contributed by atoms with van der Waals surface area (Å²) < 4.78 is 2.06. The zero-order chi connectivity index (χ0) is 29.1. The Hall–Kier alpha value is -4.63. The number of piperazine rings is 1. The molecule has 3 heterocycles. The van der Waals surface area contributed by atoms with E-state index >= 15 is 0 Å². The van der Waals surface area contributed by atoms with Gasteiger partial charge in [0.2, 0.25) is 5.95 Å². The van der Waals surface area contributed by atoms with Crippen LogP contribution in [0, 0.1) is 13.8 Å². The first kappa shape index (κ1) is 27.5. The standard InChI is InChI=1S/C32H33ClN8O/c1-22-10-12-26(13-11-22)36-32(42)40-16-14-39(15-17-40)31-37-29(34-19-25-8-3-4-9-27(25)33)28-30(38-31)41(21-35-28)20-24-7-5-6-23(2)18-24/h3-13,18,21H,14-17,19-20H2,1-2H3,(H,36,42)(H,34,37,38). The van der Waals surface area contributed by atoms with Gasteiger partial charge in [0.1, 0.15) is 0 Å². The minimum Gasteiger partial charge on any atom is -0.364 e. The molecule has 2 amide bonds. The lowest BCUT2D eigenvalue weighted by Gasteiger charge is -2.34. The molecule has 1 saturated heterocycles. The normalized spacial score (nSPS) is 13.4. The number of imidazole rings is 1. The van der Waals surface area contributed by atoms with E-state index in [1.165, 1.54) is 11.1 Å². The maximum absolute atomic E-state index is 12.9. The summed E-state index contributed by atoms with van der Waals surface area (Å²) in [5.74, 6) is 1.26. The Balaban J connectivity index is 1.24. The number of hydrogen-bond donors (Lipinski definition) is 2. The number of fused-ring (bicyclic) bond motifs is 1. The molecule has 10 heteroatoms. The van der Waals surface area contributed by atoms with E-state index in [4.69, 9.17) is 26.6 Å². The molecular formula is C32H33ClN8O. The first-order valence-electron chi connectivity index (χ1n) is 14.1. The molecule has 0 bridgehead atoms. The monoisotopic (exact) mass is 580 g/mol. The van der Waals surface area contributed by atoms with Crippen molar-refractivity contribution in [2.45, 2.75) is 26.9 Å². The van der Waals surface area contributed by atoms with E-state index in [2.05, 4.69) is 51.3 Å². The maximum Gasteiger partial charge on any atom is 0.321 e. The van der Waals surface area contributed by atoms with Crippen molar-refractivity contribution in [3.8, 4) is 0 Å². The summed E-state index contributed by atoms with van der Waals surface area (Å²) >= 11 is 6.43. The minimum atomic E-state index is -0.104. The highest BCUT2D eigenvalue weighted by atomic mass is 35.5. The quantitative estimate of drug-likeness (QED) is 0.241. The fourth-order valence-electron chi connectivity index (χ4n) is 5.09. The summed E-state index contributed by atoms with van der Waals surface area (Å²) in [6.07, 6.45) is 1.82. The van der Waals surface area contributed by atoms with Crippen LogP contribution >= 0.6 is 11.6 Å². The van der Waals surface area contributed by atoms with Gasteiger partial charge in [-0.3, -0.25) is 0 Å². The number of rotatable bonds is 7. The summed E-state index contributed by atoms with van der Waals surface area (Å²) in [6.45, 7) is 7.61. The summed E-state index contributed by atoms with van der Waals surface area (Å²) in [4.78, 5) is 31.5.